The Hall–Kier alpha value is -2.54. The average Bonchev–Trinajstić information content (AvgIpc) is 2.65. The topological polar surface area (TPSA) is 75.7 Å². The fourth-order valence-corrected chi connectivity index (χ4v) is 3.76. The summed E-state index contributed by atoms with van der Waals surface area (Å²) in [6.07, 6.45) is 2.14. The Bertz CT molecular complexity index is 864. The van der Waals surface area contributed by atoms with Gasteiger partial charge in [0.15, 0.2) is 0 Å². The molecule has 0 radical (unpaired) electrons. The Balaban J connectivity index is 1.98. The molecule has 0 atom stereocenters. The summed E-state index contributed by atoms with van der Waals surface area (Å²) in [5, 5.41) is 2.79. The lowest BCUT2D eigenvalue weighted by Gasteiger charge is -2.25. The van der Waals surface area contributed by atoms with E-state index in [4.69, 9.17) is 4.74 Å². The Kier molecular flexibility index (Phi) is 7.24. The maximum atomic E-state index is 12.2. The lowest BCUT2D eigenvalue weighted by Crippen LogP contribution is -2.39. The number of methoxy groups -OCH3 is 1. The third-order valence-corrected chi connectivity index (χ3v) is 5.38. The molecule has 0 saturated heterocycles. The minimum absolute atomic E-state index is 0.155. The Morgan fingerprint density at radius 1 is 1.11 bits per heavy atom. The molecule has 0 spiro atoms. The van der Waals surface area contributed by atoms with Gasteiger partial charge in [0.25, 0.3) is 0 Å². The summed E-state index contributed by atoms with van der Waals surface area (Å²) in [4.78, 5) is 12.1. The van der Waals surface area contributed by atoms with Gasteiger partial charge in [-0.2, -0.15) is 0 Å². The SMILES string of the molecule is CCc1ccccc1N(CCNC(=O)Cc1ccc(OC)cc1)S(C)(=O)=O. The number of benzene rings is 2. The summed E-state index contributed by atoms with van der Waals surface area (Å²) in [7, 11) is -1.86. The first kappa shape index (κ1) is 20.8. The van der Waals surface area contributed by atoms with Gasteiger partial charge in [-0.15, -0.1) is 0 Å². The predicted octanol–water partition coefficient (Wildman–Crippen LogP) is 2.38. The third kappa shape index (κ3) is 5.99. The van der Waals surface area contributed by atoms with Gasteiger partial charge in [0, 0.05) is 6.54 Å². The van der Waals surface area contributed by atoms with Crippen LogP contribution in [-0.2, 0) is 27.7 Å². The number of amides is 1. The van der Waals surface area contributed by atoms with Crippen molar-refractivity contribution in [3.63, 3.8) is 0 Å². The number of aryl methyl sites for hydroxylation is 1. The van der Waals surface area contributed by atoms with Crippen molar-refractivity contribution in [1.82, 2.24) is 5.32 Å². The number of rotatable bonds is 9. The van der Waals surface area contributed by atoms with Crippen LogP contribution < -0.4 is 14.4 Å². The largest absolute Gasteiger partial charge is 0.497 e. The highest BCUT2D eigenvalue weighted by Gasteiger charge is 2.19. The highest BCUT2D eigenvalue weighted by Crippen LogP contribution is 2.23. The maximum Gasteiger partial charge on any atom is 0.232 e. The monoisotopic (exact) mass is 390 g/mol. The standard InChI is InChI=1S/C20H26N2O4S/c1-4-17-7-5-6-8-19(17)22(27(3,24)25)14-13-21-20(23)15-16-9-11-18(26-2)12-10-16/h5-12H,4,13-15H2,1-3H3,(H,21,23). The molecule has 0 aliphatic rings. The molecule has 1 amide bonds. The number of para-hydroxylation sites is 1. The van der Waals surface area contributed by atoms with Crippen LogP contribution in [0.15, 0.2) is 48.5 Å². The van der Waals surface area contributed by atoms with Gasteiger partial charge in [-0.05, 0) is 35.7 Å². The molecule has 0 aliphatic carbocycles. The first-order valence-electron chi connectivity index (χ1n) is 8.80. The molecule has 27 heavy (non-hydrogen) atoms. The molecule has 7 heteroatoms. The van der Waals surface area contributed by atoms with Crippen LogP contribution in [0.25, 0.3) is 0 Å². The van der Waals surface area contributed by atoms with Gasteiger partial charge in [0.1, 0.15) is 5.75 Å². The first-order valence-corrected chi connectivity index (χ1v) is 10.6. The van der Waals surface area contributed by atoms with Crippen molar-refractivity contribution in [2.45, 2.75) is 19.8 Å². The van der Waals surface area contributed by atoms with Crippen LogP contribution in [-0.4, -0.2) is 40.8 Å². The van der Waals surface area contributed by atoms with E-state index in [1.807, 2.05) is 37.3 Å². The molecule has 0 unspecified atom stereocenters. The summed E-state index contributed by atoms with van der Waals surface area (Å²) in [6.45, 7) is 2.40. The van der Waals surface area contributed by atoms with Gasteiger partial charge >= 0.3 is 0 Å². The van der Waals surface area contributed by atoms with Crippen LogP contribution in [0.2, 0.25) is 0 Å². The fraction of sp³-hybridized carbons (Fsp3) is 0.350. The van der Waals surface area contributed by atoms with Gasteiger partial charge in [-0.25, -0.2) is 8.42 Å². The van der Waals surface area contributed by atoms with E-state index >= 15 is 0 Å². The molecule has 0 fully saturated rings. The zero-order valence-corrected chi connectivity index (χ0v) is 16.8. The molecular formula is C20H26N2O4S. The van der Waals surface area contributed by atoms with Gasteiger partial charge < -0.3 is 10.1 Å². The normalized spacial score (nSPS) is 11.1. The van der Waals surface area contributed by atoms with Crippen LogP contribution in [0.5, 0.6) is 5.75 Å². The van der Waals surface area contributed by atoms with Gasteiger partial charge in [-0.1, -0.05) is 37.3 Å². The molecule has 2 aromatic rings. The molecule has 0 aromatic heterocycles. The van der Waals surface area contributed by atoms with Crippen LogP contribution in [0.3, 0.4) is 0 Å². The van der Waals surface area contributed by atoms with E-state index in [0.717, 1.165) is 23.3 Å². The second-order valence-electron chi connectivity index (χ2n) is 6.19. The first-order chi connectivity index (χ1) is 12.8. The van der Waals surface area contributed by atoms with Crippen molar-refractivity contribution in [2.75, 3.05) is 30.8 Å². The molecule has 6 nitrogen and oxygen atoms in total. The van der Waals surface area contributed by atoms with E-state index in [1.54, 1.807) is 25.3 Å². The third-order valence-electron chi connectivity index (χ3n) is 4.20. The molecular weight excluding hydrogens is 364 g/mol. The van der Waals surface area contributed by atoms with Crippen molar-refractivity contribution in [3.8, 4) is 5.75 Å². The number of sulfonamides is 1. The van der Waals surface area contributed by atoms with E-state index in [-0.39, 0.29) is 25.4 Å². The minimum atomic E-state index is -3.45. The second-order valence-corrected chi connectivity index (χ2v) is 8.10. The average molecular weight is 391 g/mol. The molecule has 0 heterocycles. The van der Waals surface area contributed by atoms with Crippen molar-refractivity contribution < 1.29 is 17.9 Å². The highest BCUT2D eigenvalue weighted by atomic mass is 32.2. The Morgan fingerprint density at radius 2 is 1.78 bits per heavy atom. The minimum Gasteiger partial charge on any atom is -0.497 e. The molecule has 2 aromatic carbocycles. The number of hydrogen-bond acceptors (Lipinski definition) is 4. The van der Waals surface area contributed by atoms with Gasteiger partial charge in [-0.3, -0.25) is 9.10 Å². The fourth-order valence-electron chi connectivity index (χ4n) is 2.81. The van der Waals surface area contributed by atoms with E-state index in [1.165, 1.54) is 10.6 Å². The lowest BCUT2D eigenvalue weighted by molar-refractivity contribution is -0.120. The van der Waals surface area contributed by atoms with Crippen molar-refractivity contribution >= 4 is 21.6 Å². The lowest BCUT2D eigenvalue weighted by atomic mass is 10.1. The van der Waals surface area contributed by atoms with E-state index in [0.29, 0.717) is 5.69 Å². The van der Waals surface area contributed by atoms with E-state index in [2.05, 4.69) is 5.32 Å². The van der Waals surface area contributed by atoms with E-state index in [9.17, 15) is 13.2 Å². The summed E-state index contributed by atoms with van der Waals surface area (Å²) in [5.74, 6) is 0.579. The smallest absolute Gasteiger partial charge is 0.232 e. The van der Waals surface area contributed by atoms with Gasteiger partial charge in [0.2, 0.25) is 15.9 Å². The Labute approximate surface area is 161 Å². The molecule has 0 saturated carbocycles. The number of anilines is 1. The van der Waals surface area contributed by atoms with Crippen LogP contribution >= 0.6 is 0 Å². The molecule has 1 N–H and O–H groups in total. The summed E-state index contributed by atoms with van der Waals surface area (Å²) in [6, 6.07) is 14.7. The number of ether oxygens (including phenoxy) is 1. The quantitative estimate of drug-likeness (QED) is 0.713. The predicted molar refractivity (Wildman–Crippen MR) is 108 cm³/mol. The van der Waals surface area contributed by atoms with Crippen molar-refractivity contribution in [3.05, 3.63) is 59.7 Å². The summed E-state index contributed by atoms with van der Waals surface area (Å²) in [5.41, 5.74) is 2.48. The highest BCUT2D eigenvalue weighted by molar-refractivity contribution is 7.92. The zero-order chi connectivity index (χ0) is 19.9. The maximum absolute atomic E-state index is 12.2. The van der Waals surface area contributed by atoms with Crippen LogP contribution in [0.4, 0.5) is 5.69 Å². The number of nitrogens with one attached hydrogen (secondary N) is 1. The van der Waals surface area contributed by atoms with Crippen molar-refractivity contribution in [1.29, 1.82) is 0 Å². The molecule has 146 valence electrons. The number of carbonyl (C=O) groups excluding carboxylic acids is 1. The zero-order valence-electron chi connectivity index (χ0n) is 15.9. The van der Waals surface area contributed by atoms with Crippen LogP contribution in [0, 0.1) is 0 Å². The molecule has 2 rings (SSSR count). The number of hydrogen-bond donors (Lipinski definition) is 1. The number of nitrogens with zero attached hydrogens (tertiary/aromatic N) is 1. The van der Waals surface area contributed by atoms with Crippen molar-refractivity contribution in [2.24, 2.45) is 0 Å². The molecule has 0 aliphatic heterocycles. The second kappa shape index (κ2) is 9.41. The van der Waals surface area contributed by atoms with E-state index < -0.39 is 10.0 Å². The van der Waals surface area contributed by atoms with Crippen LogP contribution in [0.1, 0.15) is 18.1 Å². The Morgan fingerprint density at radius 3 is 2.37 bits per heavy atom. The number of carbonyl (C=O) groups is 1. The molecule has 0 bridgehead atoms. The summed E-state index contributed by atoms with van der Waals surface area (Å²) >= 11 is 0. The van der Waals surface area contributed by atoms with Gasteiger partial charge in [0.05, 0.1) is 32.0 Å². The summed E-state index contributed by atoms with van der Waals surface area (Å²) < 4.78 is 30.9.